The summed E-state index contributed by atoms with van der Waals surface area (Å²) in [6, 6.07) is 5.60. The molecular weight excluding hydrogens is 249 g/mol. The predicted molar refractivity (Wildman–Crippen MR) is 66.7 cm³/mol. The SMILES string of the molecule is N#CC1CCCCN1Cc1cc(F)cc([N+](=O)[O-])c1. The highest BCUT2D eigenvalue weighted by molar-refractivity contribution is 5.35. The Morgan fingerprint density at radius 1 is 1.47 bits per heavy atom. The van der Waals surface area contributed by atoms with E-state index in [9.17, 15) is 14.5 Å². The van der Waals surface area contributed by atoms with Gasteiger partial charge in [-0.3, -0.25) is 15.0 Å². The third kappa shape index (κ3) is 3.26. The first kappa shape index (κ1) is 13.4. The van der Waals surface area contributed by atoms with Crippen molar-refractivity contribution in [2.45, 2.75) is 31.8 Å². The smallest absolute Gasteiger partial charge is 0.272 e. The molecule has 0 N–H and O–H groups in total. The van der Waals surface area contributed by atoms with Crippen molar-refractivity contribution in [3.05, 3.63) is 39.7 Å². The summed E-state index contributed by atoms with van der Waals surface area (Å²) in [6.07, 6.45) is 2.81. The molecule has 1 aromatic rings. The monoisotopic (exact) mass is 263 g/mol. The molecule has 0 aliphatic carbocycles. The van der Waals surface area contributed by atoms with Crippen LogP contribution < -0.4 is 0 Å². The molecule has 1 saturated heterocycles. The highest BCUT2D eigenvalue weighted by Crippen LogP contribution is 2.22. The average molecular weight is 263 g/mol. The van der Waals surface area contributed by atoms with Crippen LogP contribution in [0, 0.1) is 27.3 Å². The molecule has 1 aromatic carbocycles. The number of hydrogen-bond acceptors (Lipinski definition) is 4. The molecule has 2 rings (SSSR count). The minimum atomic E-state index is -0.616. The van der Waals surface area contributed by atoms with Crippen LogP contribution in [0.2, 0.25) is 0 Å². The second-order valence-corrected chi connectivity index (χ2v) is 4.69. The van der Waals surface area contributed by atoms with Crippen molar-refractivity contribution in [3.63, 3.8) is 0 Å². The van der Waals surface area contributed by atoms with Crippen molar-refractivity contribution >= 4 is 5.69 Å². The Kier molecular flexibility index (Phi) is 4.07. The van der Waals surface area contributed by atoms with Gasteiger partial charge in [0.25, 0.3) is 5.69 Å². The molecule has 1 fully saturated rings. The quantitative estimate of drug-likeness (QED) is 0.620. The minimum absolute atomic E-state index is 0.184. The zero-order chi connectivity index (χ0) is 13.8. The van der Waals surface area contributed by atoms with E-state index in [0.29, 0.717) is 12.1 Å². The standard InChI is InChI=1S/C13H14FN3O2/c14-11-5-10(6-13(7-11)17(18)19)9-16-4-2-1-3-12(16)8-15/h5-7,12H,1-4,9H2. The first-order valence-corrected chi connectivity index (χ1v) is 6.17. The van der Waals surface area contributed by atoms with E-state index in [2.05, 4.69) is 6.07 Å². The van der Waals surface area contributed by atoms with Gasteiger partial charge in [-0.15, -0.1) is 0 Å². The molecule has 1 unspecified atom stereocenters. The number of nitro benzene ring substituents is 1. The van der Waals surface area contributed by atoms with Gasteiger partial charge in [0, 0.05) is 12.6 Å². The van der Waals surface area contributed by atoms with Crippen LogP contribution in [0.3, 0.4) is 0 Å². The molecule has 0 saturated carbocycles. The maximum Gasteiger partial charge on any atom is 0.272 e. The number of hydrogen-bond donors (Lipinski definition) is 0. The summed E-state index contributed by atoms with van der Waals surface area (Å²) in [5, 5.41) is 19.8. The van der Waals surface area contributed by atoms with Gasteiger partial charge in [0.2, 0.25) is 0 Å². The van der Waals surface area contributed by atoms with Crippen molar-refractivity contribution < 1.29 is 9.31 Å². The number of benzene rings is 1. The van der Waals surface area contributed by atoms with Gasteiger partial charge in [-0.1, -0.05) is 0 Å². The number of halogens is 1. The fourth-order valence-electron chi connectivity index (χ4n) is 2.39. The van der Waals surface area contributed by atoms with Gasteiger partial charge < -0.3 is 0 Å². The normalized spacial score (nSPS) is 19.9. The van der Waals surface area contributed by atoms with Crippen LogP contribution in [-0.2, 0) is 6.54 Å². The zero-order valence-electron chi connectivity index (χ0n) is 10.4. The van der Waals surface area contributed by atoms with Crippen molar-refractivity contribution in [1.29, 1.82) is 5.26 Å². The lowest BCUT2D eigenvalue weighted by Crippen LogP contribution is -2.37. The Morgan fingerprint density at radius 2 is 2.26 bits per heavy atom. The van der Waals surface area contributed by atoms with Gasteiger partial charge in [0.1, 0.15) is 5.82 Å². The van der Waals surface area contributed by atoms with E-state index < -0.39 is 10.7 Å². The lowest BCUT2D eigenvalue weighted by atomic mass is 10.0. The molecule has 19 heavy (non-hydrogen) atoms. The maximum absolute atomic E-state index is 13.3. The van der Waals surface area contributed by atoms with E-state index in [-0.39, 0.29) is 11.7 Å². The summed E-state index contributed by atoms with van der Waals surface area (Å²) in [5.74, 6) is -0.616. The molecule has 0 spiro atoms. The second kappa shape index (κ2) is 5.76. The molecule has 1 atom stereocenters. The third-order valence-electron chi connectivity index (χ3n) is 3.30. The van der Waals surface area contributed by atoms with E-state index in [0.717, 1.165) is 31.9 Å². The summed E-state index contributed by atoms with van der Waals surface area (Å²) in [5.41, 5.74) is 0.286. The molecular formula is C13H14FN3O2. The predicted octanol–water partition coefficient (Wildman–Crippen LogP) is 2.61. The molecule has 0 radical (unpaired) electrons. The Morgan fingerprint density at radius 3 is 2.95 bits per heavy atom. The van der Waals surface area contributed by atoms with Gasteiger partial charge in [-0.05, 0) is 37.4 Å². The average Bonchev–Trinajstić information content (AvgIpc) is 2.38. The highest BCUT2D eigenvalue weighted by atomic mass is 19.1. The van der Waals surface area contributed by atoms with Gasteiger partial charge in [0.15, 0.2) is 0 Å². The topological polar surface area (TPSA) is 70.2 Å². The Balaban J connectivity index is 2.18. The van der Waals surface area contributed by atoms with Gasteiger partial charge >= 0.3 is 0 Å². The van der Waals surface area contributed by atoms with Gasteiger partial charge in [-0.25, -0.2) is 4.39 Å². The van der Waals surface area contributed by atoms with E-state index in [1.54, 1.807) is 0 Å². The van der Waals surface area contributed by atoms with Crippen molar-refractivity contribution in [2.24, 2.45) is 0 Å². The van der Waals surface area contributed by atoms with Crippen LogP contribution >= 0.6 is 0 Å². The van der Waals surface area contributed by atoms with E-state index >= 15 is 0 Å². The van der Waals surface area contributed by atoms with Crippen LogP contribution in [0.1, 0.15) is 24.8 Å². The molecule has 1 heterocycles. The molecule has 6 heteroatoms. The molecule has 0 amide bonds. The molecule has 100 valence electrons. The highest BCUT2D eigenvalue weighted by Gasteiger charge is 2.22. The van der Waals surface area contributed by atoms with Crippen molar-refractivity contribution in [2.75, 3.05) is 6.54 Å². The fourth-order valence-corrected chi connectivity index (χ4v) is 2.39. The zero-order valence-corrected chi connectivity index (χ0v) is 10.4. The summed E-state index contributed by atoms with van der Waals surface area (Å²) < 4.78 is 13.3. The first-order chi connectivity index (χ1) is 9.10. The van der Waals surface area contributed by atoms with E-state index in [1.807, 2.05) is 4.90 Å². The number of nitro groups is 1. The van der Waals surface area contributed by atoms with Crippen LogP contribution in [-0.4, -0.2) is 22.4 Å². The fraction of sp³-hybridized carbons (Fsp3) is 0.462. The van der Waals surface area contributed by atoms with Crippen LogP contribution in [0.4, 0.5) is 10.1 Å². The van der Waals surface area contributed by atoms with Gasteiger partial charge in [-0.2, -0.15) is 5.26 Å². The molecule has 1 aliphatic rings. The third-order valence-corrected chi connectivity index (χ3v) is 3.30. The lowest BCUT2D eigenvalue weighted by Gasteiger charge is -2.31. The van der Waals surface area contributed by atoms with Crippen LogP contribution in [0.25, 0.3) is 0 Å². The molecule has 5 nitrogen and oxygen atoms in total. The minimum Gasteiger partial charge on any atom is -0.284 e. The second-order valence-electron chi connectivity index (χ2n) is 4.69. The summed E-state index contributed by atoms with van der Waals surface area (Å²) in [7, 11) is 0. The largest absolute Gasteiger partial charge is 0.284 e. The summed E-state index contributed by atoms with van der Waals surface area (Å²) in [4.78, 5) is 12.0. The molecule has 1 aliphatic heterocycles. The number of likely N-dealkylation sites (tertiary alicyclic amines) is 1. The number of nitrogens with zero attached hydrogens (tertiary/aromatic N) is 3. The number of rotatable bonds is 3. The maximum atomic E-state index is 13.3. The van der Waals surface area contributed by atoms with Crippen molar-refractivity contribution in [1.82, 2.24) is 4.90 Å². The number of non-ortho nitro benzene ring substituents is 1. The van der Waals surface area contributed by atoms with Crippen LogP contribution in [0.15, 0.2) is 18.2 Å². The summed E-state index contributed by atoms with van der Waals surface area (Å²) in [6.45, 7) is 1.14. The van der Waals surface area contributed by atoms with E-state index in [4.69, 9.17) is 5.26 Å². The van der Waals surface area contributed by atoms with Gasteiger partial charge in [0.05, 0.1) is 23.1 Å². The molecule has 0 bridgehead atoms. The van der Waals surface area contributed by atoms with E-state index in [1.165, 1.54) is 12.1 Å². The van der Waals surface area contributed by atoms with Crippen molar-refractivity contribution in [3.8, 4) is 6.07 Å². The summed E-state index contributed by atoms with van der Waals surface area (Å²) >= 11 is 0. The Labute approximate surface area is 110 Å². The lowest BCUT2D eigenvalue weighted by molar-refractivity contribution is -0.385. The number of piperidine rings is 1. The molecule has 0 aromatic heterocycles. The van der Waals surface area contributed by atoms with Crippen LogP contribution in [0.5, 0.6) is 0 Å². The Hall–Kier alpha value is -2.00. The Bertz CT molecular complexity index is 527. The first-order valence-electron chi connectivity index (χ1n) is 6.17. The number of nitriles is 1.